The molecule has 2 unspecified atom stereocenters. The second-order valence-corrected chi connectivity index (χ2v) is 5.69. The molecule has 0 bridgehead atoms. The molecule has 0 spiro atoms. The first-order valence-corrected chi connectivity index (χ1v) is 6.89. The molecule has 17 heavy (non-hydrogen) atoms. The standard InChI is InChI=1S/C12H20BrN3O/c1-4-7-17-11-5-6-14-12(16-11)15-10(3)8-9(2)13/h5-6,9-10H,4,7-8H2,1-3H3,(H,14,15,16). The molecule has 0 aliphatic carbocycles. The first-order valence-electron chi connectivity index (χ1n) is 5.98. The summed E-state index contributed by atoms with van der Waals surface area (Å²) in [4.78, 5) is 8.95. The quantitative estimate of drug-likeness (QED) is 0.786. The van der Waals surface area contributed by atoms with Crippen LogP contribution in [0.25, 0.3) is 0 Å². The Morgan fingerprint density at radius 2 is 2.24 bits per heavy atom. The van der Waals surface area contributed by atoms with Crippen LogP contribution in [0.3, 0.4) is 0 Å². The van der Waals surface area contributed by atoms with Gasteiger partial charge >= 0.3 is 0 Å². The van der Waals surface area contributed by atoms with Gasteiger partial charge in [0.1, 0.15) is 0 Å². The lowest BCUT2D eigenvalue weighted by Gasteiger charge is -2.15. The number of nitrogens with one attached hydrogen (secondary N) is 1. The summed E-state index contributed by atoms with van der Waals surface area (Å²) >= 11 is 3.53. The van der Waals surface area contributed by atoms with E-state index in [1.165, 1.54) is 0 Å². The Hall–Kier alpha value is -0.840. The van der Waals surface area contributed by atoms with Crippen LogP contribution in [0.5, 0.6) is 5.88 Å². The van der Waals surface area contributed by atoms with Gasteiger partial charge in [0.25, 0.3) is 0 Å². The van der Waals surface area contributed by atoms with Crippen molar-refractivity contribution < 1.29 is 4.74 Å². The minimum atomic E-state index is 0.325. The molecule has 2 atom stereocenters. The zero-order chi connectivity index (χ0) is 12.7. The Morgan fingerprint density at radius 3 is 2.88 bits per heavy atom. The third-order valence-corrected chi connectivity index (χ3v) is 2.51. The van der Waals surface area contributed by atoms with E-state index in [1.54, 1.807) is 12.3 Å². The number of nitrogens with zero attached hydrogens (tertiary/aromatic N) is 2. The van der Waals surface area contributed by atoms with Gasteiger partial charge in [-0.3, -0.25) is 0 Å². The Bertz CT molecular complexity index is 333. The van der Waals surface area contributed by atoms with E-state index in [4.69, 9.17) is 4.74 Å². The van der Waals surface area contributed by atoms with Gasteiger partial charge in [0.05, 0.1) is 6.61 Å². The van der Waals surface area contributed by atoms with Crippen LogP contribution < -0.4 is 10.1 Å². The van der Waals surface area contributed by atoms with Gasteiger partial charge in [0.2, 0.25) is 11.8 Å². The van der Waals surface area contributed by atoms with Crippen LogP contribution >= 0.6 is 15.9 Å². The van der Waals surface area contributed by atoms with E-state index in [9.17, 15) is 0 Å². The maximum Gasteiger partial charge on any atom is 0.226 e. The average Bonchev–Trinajstić information content (AvgIpc) is 2.25. The molecule has 0 amide bonds. The fraction of sp³-hybridized carbons (Fsp3) is 0.667. The fourth-order valence-corrected chi connectivity index (χ4v) is 2.03. The molecule has 0 aliphatic rings. The lowest BCUT2D eigenvalue weighted by atomic mass is 10.2. The molecular weight excluding hydrogens is 282 g/mol. The van der Waals surface area contributed by atoms with E-state index in [1.807, 2.05) is 0 Å². The second kappa shape index (κ2) is 7.48. The number of rotatable bonds is 7. The van der Waals surface area contributed by atoms with E-state index < -0.39 is 0 Å². The number of halogens is 1. The summed E-state index contributed by atoms with van der Waals surface area (Å²) in [5.74, 6) is 1.25. The van der Waals surface area contributed by atoms with Gasteiger partial charge in [0.15, 0.2) is 0 Å². The van der Waals surface area contributed by atoms with Gasteiger partial charge in [-0.25, -0.2) is 4.98 Å². The normalized spacial score (nSPS) is 14.1. The molecule has 1 aromatic rings. The number of hydrogen-bond acceptors (Lipinski definition) is 4. The van der Waals surface area contributed by atoms with Crippen LogP contribution in [0.2, 0.25) is 0 Å². The van der Waals surface area contributed by atoms with E-state index in [-0.39, 0.29) is 0 Å². The van der Waals surface area contributed by atoms with Gasteiger partial charge in [0, 0.05) is 23.1 Å². The minimum absolute atomic E-state index is 0.325. The molecule has 0 radical (unpaired) electrons. The zero-order valence-corrected chi connectivity index (χ0v) is 12.2. The summed E-state index contributed by atoms with van der Waals surface area (Å²) in [6, 6.07) is 2.10. The molecule has 0 fully saturated rings. The summed E-state index contributed by atoms with van der Waals surface area (Å²) < 4.78 is 5.46. The van der Waals surface area contributed by atoms with Crippen molar-refractivity contribution in [2.24, 2.45) is 0 Å². The Labute approximate surface area is 111 Å². The molecule has 1 heterocycles. The molecule has 0 saturated heterocycles. The highest BCUT2D eigenvalue weighted by molar-refractivity contribution is 9.09. The maximum atomic E-state index is 5.46. The van der Waals surface area contributed by atoms with E-state index in [0.29, 0.717) is 29.3 Å². The summed E-state index contributed by atoms with van der Waals surface area (Å²) in [5.41, 5.74) is 0. The summed E-state index contributed by atoms with van der Waals surface area (Å²) in [7, 11) is 0. The number of ether oxygens (including phenoxy) is 1. The smallest absolute Gasteiger partial charge is 0.226 e. The molecule has 4 nitrogen and oxygen atoms in total. The Morgan fingerprint density at radius 1 is 1.47 bits per heavy atom. The first kappa shape index (κ1) is 14.2. The lowest BCUT2D eigenvalue weighted by molar-refractivity contribution is 0.305. The zero-order valence-electron chi connectivity index (χ0n) is 10.6. The monoisotopic (exact) mass is 301 g/mol. The molecule has 1 aromatic heterocycles. The Kier molecular flexibility index (Phi) is 6.26. The van der Waals surface area contributed by atoms with E-state index >= 15 is 0 Å². The molecule has 1 rings (SSSR count). The molecule has 96 valence electrons. The van der Waals surface area contributed by atoms with Gasteiger partial charge < -0.3 is 10.1 Å². The van der Waals surface area contributed by atoms with Crippen molar-refractivity contribution in [2.45, 2.75) is 44.5 Å². The first-order chi connectivity index (χ1) is 8.11. The summed E-state index contributed by atoms with van der Waals surface area (Å²) in [5, 5.41) is 3.26. The average molecular weight is 302 g/mol. The van der Waals surface area contributed by atoms with Crippen molar-refractivity contribution in [3.8, 4) is 5.88 Å². The van der Waals surface area contributed by atoms with Crippen LogP contribution in [-0.2, 0) is 0 Å². The predicted molar refractivity (Wildman–Crippen MR) is 73.9 cm³/mol. The summed E-state index contributed by atoms with van der Waals surface area (Å²) in [6.07, 6.45) is 3.71. The van der Waals surface area contributed by atoms with Crippen LogP contribution in [0.15, 0.2) is 12.3 Å². The topological polar surface area (TPSA) is 47.0 Å². The number of aromatic nitrogens is 2. The molecule has 1 N–H and O–H groups in total. The van der Waals surface area contributed by atoms with E-state index in [2.05, 4.69) is 52.0 Å². The number of hydrogen-bond donors (Lipinski definition) is 1. The SMILES string of the molecule is CCCOc1ccnc(NC(C)CC(C)Br)n1. The van der Waals surface area contributed by atoms with Crippen LogP contribution in [0.4, 0.5) is 5.95 Å². The van der Waals surface area contributed by atoms with Crippen molar-refractivity contribution in [1.29, 1.82) is 0 Å². The van der Waals surface area contributed by atoms with Crippen LogP contribution in [0.1, 0.15) is 33.6 Å². The largest absolute Gasteiger partial charge is 0.478 e. The van der Waals surface area contributed by atoms with Crippen molar-refractivity contribution in [3.05, 3.63) is 12.3 Å². The third-order valence-electron chi connectivity index (χ3n) is 2.14. The lowest BCUT2D eigenvalue weighted by Crippen LogP contribution is -2.20. The molecule has 5 heteroatoms. The van der Waals surface area contributed by atoms with Gasteiger partial charge in [-0.05, 0) is 19.8 Å². The summed E-state index contributed by atoms with van der Waals surface area (Å²) in [6.45, 7) is 6.99. The van der Waals surface area contributed by atoms with Crippen molar-refractivity contribution in [1.82, 2.24) is 9.97 Å². The highest BCUT2D eigenvalue weighted by Crippen LogP contribution is 2.13. The van der Waals surface area contributed by atoms with Crippen LogP contribution in [0, 0.1) is 0 Å². The van der Waals surface area contributed by atoms with Crippen molar-refractivity contribution >= 4 is 21.9 Å². The maximum absolute atomic E-state index is 5.46. The Balaban J connectivity index is 2.52. The molecule has 0 saturated carbocycles. The number of alkyl halides is 1. The minimum Gasteiger partial charge on any atom is -0.478 e. The fourth-order valence-electron chi connectivity index (χ4n) is 1.47. The van der Waals surface area contributed by atoms with Gasteiger partial charge in [-0.1, -0.05) is 29.8 Å². The van der Waals surface area contributed by atoms with Crippen molar-refractivity contribution in [3.63, 3.8) is 0 Å². The van der Waals surface area contributed by atoms with Crippen LogP contribution in [-0.4, -0.2) is 27.4 Å². The second-order valence-electron chi connectivity index (χ2n) is 4.13. The predicted octanol–water partition coefficient (Wildman–Crippen LogP) is 3.24. The van der Waals surface area contributed by atoms with Gasteiger partial charge in [-0.15, -0.1) is 0 Å². The van der Waals surface area contributed by atoms with Gasteiger partial charge in [-0.2, -0.15) is 4.98 Å². The highest BCUT2D eigenvalue weighted by atomic mass is 79.9. The van der Waals surface area contributed by atoms with Crippen molar-refractivity contribution in [2.75, 3.05) is 11.9 Å². The molecule has 0 aromatic carbocycles. The number of anilines is 1. The molecule has 0 aliphatic heterocycles. The third kappa shape index (κ3) is 5.86. The van der Waals surface area contributed by atoms with E-state index in [0.717, 1.165) is 12.8 Å². The molecular formula is C12H20BrN3O. The highest BCUT2D eigenvalue weighted by Gasteiger charge is 2.07.